The summed E-state index contributed by atoms with van der Waals surface area (Å²) in [5.41, 5.74) is 0. The molecular formula is C19H40N4P+. The summed E-state index contributed by atoms with van der Waals surface area (Å²) in [6.07, 6.45) is 12.8. The second kappa shape index (κ2) is 9.28. The molecule has 0 saturated carbocycles. The molecule has 3 fully saturated rings. The van der Waals surface area contributed by atoms with Crippen molar-refractivity contribution in [1.29, 1.82) is 0 Å². The van der Waals surface area contributed by atoms with Gasteiger partial charge in [0.15, 0.2) is 0 Å². The highest BCUT2D eigenvalue weighted by Gasteiger charge is 2.60. The largest absolute Gasteiger partial charge is 0.308 e. The van der Waals surface area contributed by atoms with Crippen LogP contribution in [0.1, 0.15) is 71.6 Å². The summed E-state index contributed by atoms with van der Waals surface area (Å²) < 4.78 is 11.9. The number of nitrogens with zero attached hydrogens (tertiary/aromatic N) is 4. The Morgan fingerprint density at radius 1 is 0.542 bits per heavy atom. The molecule has 0 aromatic rings. The standard InChI is InChI=1S/C19H40N4P/c1-3-20(4-2)24(21-14-8-5-9-15-21,22-16-10-6-11-17-22)23-18-12-7-13-19-23/h3-19H2,1-2H3/q+1. The average Bonchev–Trinajstić information content (AvgIpc) is 2.68. The first kappa shape index (κ1) is 19.0. The fourth-order valence-electron chi connectivity index (χ4n) is 5.11. The molecule has 140 valence electrons. The SMILES string of the molecule is CCN(CC)[P+](N1CCCCC1)(N1CCCCC1)N1CCCCC1. The van der Waals surface area contributed by atoms with Gasteiger partial charge in [0.2, 0.25) is 0 Å². The van der Waals surface area contributed by atoms with E-state index < -0.39 is 7.87 Å². The van der Waals surface area contributed by atoms with Gasteiger partial charge in [0.25, 0.3) is 0 Å². The van der Waals surface area contributed by atoms with E-state index >= 15 is 0 Å². The summed E-state index contributed by atoms with van der Waals surface area (Å²) in [6, 6.07) is 0. The van der Waals surface area contributed by atoms with Crippen LogP contribution in [0.25, 0.3) is 0 Å². The zero-order chi connectivity index (χ0) is 16.8. The summed E-state index contributed by atoms with van der Waals surface area (Å²) in [5, 5.41) is 0. The maximum atomic E-state index is 2.99. The van der Waals surface area contributed by atoms with Crippen molar-refractivity contribution in [3.63, 3.8) is 0 Å². The van der Waals surface area contributed by atoms with Crippen LogP contribution in [-0.2, 0) is 0 Å². The predicted molar refractivity (Wildman–Crippen MR) is 106 cm³/mol. The molecule has 0 amide bonds. The highest BCUT2D eigenvalue weighted by Crippen LogP contribution is 2.71. The highest BCUT2D eigenvalue weighted by molar-refractivity contribution is 7.66. The minimum Gasteiger partial charge on any atom is -0.134 e. The van der Waals surface area contributed by atoms with E-state index in [1.807, 2.05) is 0 Å². The van der Waals surface area contributed by atoms with Gasteiger partial charge in [-0.2, -0.15) is 0 Å². The minimum atomic E-state index is -1.50. The van der Waals surface area contributed by atoms with Crippen LogP contribution in [0.4, 0.5) is 0 Å². The van der Waals surface area contributed by atoms with Crippen LogP contribution in [0, 0.1) is 0 Å². The van der Waals surface area contributed by atoms with E-state index in [1.54, 1.807) is 0 Å². The lowest BCUT2D eigenvalue weighted by Crippen LogP contribution is -2.55. The van der Waals surface area contributed by atoms with Crippen LogP contribution in [-0.4, -0.2) is 71.0 Å². The van der Waals surface area contributed by atoms with E-state index in [-0.39, 0.29) is 0 Å². The summed E-state index contributed by atoms with van der Waals surface area (Å²) in [4.78, 5) is 0. The number of hydrogen-bond acceptors (Lipinski definition) is 4. The first-order chi connectivity index (χ1) is 11.8. The molecule has 0 bridgehead atoms. The Morgan fingerprint density at radius 2 is 0.833 bits per heavy atom. The monoisotopic (exact) mass is 355 g/mol. The van der Waals surface area contributed by atoms with Gasteiger partial charge in [-0.3, -0.25) is 0 Å². The molecule has 24 heavy (non-hydrogen) atoms. The second-order valence-electron chi connectivity index (χ2n) is 7.72. The molecule has 3 saturated heterocycles. The van der Waals surface area contributed by atoms with Crippen LogP contribution in [0.2, 0.25) is 0 Å². The van der Waals surface area contributed by atoms with Crippen LogP contribution in [0.15, 0.2) is 0 Å². The fraction of sp³-hybridized carbons (Fsp3) is 1.00. The van der Waals surface area contributed by atoms with Crippen LogP contribution in [0.3, 0.4) is 0 Å². The summed E-state index contributed by atoms with van der Waals surface area (Å²) in [5.74, 6) is 0. The Labute approximate surface area is 151 Å². The first-order valence-electron chi connectivity index (χ1n) is 10.7. The highest BCUT2D eigenvalue weighted by atomic mass is 31.2. The van der Waals surface area contributed by atoms with Crippen molar-refractivity contribution in [2.45, 2.75) is 71.6 Å². The van der Waals surface area contributed by atoms with Crippen molar-refractivity contribution in [2.24, 2.45) is 0 Å². The fourth-order valence-corrected chi connectivity index (χ4v) is 10.5. The van der Waals surface area contributed by atoms with Gasteiger partial charge in [-0.15, -0.1) is 18.7 Å². The van der Waals surface area contributed by atoms with Crippen molar-refractivity contribution in [2.75, 3.05) is 52.4 Å². The Morgan fingerprint density at radius 3 is 1.08 bits per heavy atom. The lowest BCUT2D eigenvalue weighted by molar-refractivity contribution is 0.199. The second-order valence-corrected chi connectivity index (χ2v) is 11.1. The topological polar surface area (TPSA) is 13.0 Å². The Hall–Kier alpha value is 0.270. The quantitative estimate of drug-likeness (QED) is 0.652. The van der Waals surface area contributed by atoms with E-state index in [0.29, 0.717) is 0 Å². The van der Waals surface area contributed by atoms with Crippen LogP contribution >= 0.6 is 7.87 Å². The Balaban J connectivity index is 1.98. The third-order valence-electron chi connectivity index (χ3n) is 6.25. The molecule has 0 aromatic heterocycles. The predicted octanol–water partition coefficient (Wildman–Crippen LogP) is 4.46. The van der Waals surface area contributed by atoms with Crippen molar-refractivity contribution < 1.29 is 0 Å². The van der Waals surface area contributed by atoms with Gasteiger partial charge in [0.1, 0.15) is 0 Å². The normalized spacial score (nSPS) is 26.1. The smallest absolute Gasteiger partial charge is 0.134 e. The molecule has 3 heterocycles. The number of rotatable bonds is 6. The van der Waals surface area contributed by atoms with Gasteiger partial charge in [0, 0.05) is 52.4 Å². The van der Waals surface area contributed by atoms with Gasteiger partial charge in [-0.05, 0) is 52.4 Å². The molecule has 0 N–H and O–H groups in total. The molecule has 0 radical (unpaired) electrons. The number of piperidine rings is 3. The summed E-state index contributed by atoms with van der Waals surface area (Å²) >= 11 is 0. The molecule has 0 unspecified atom stereocenters. The van der Waals surface area contributed by atoms with Crippen molar-refractivity contribution in [1.82, 2.24) is 18.7 Å². The molecule has 0 aromatic carbocycles. The minimum absolute atomic E-state index is 1.20. The van der Waals surface area contributed by atoms with Gasteiger partial charge in [-0.25, -0.2) is 0 Å². The maximum Gasteiger partial charge on any atom is 0.308 e. The molecule has 3 aliphatic rings. The van der Waals surface area contributed by atoms with Gasteiger partial charge in [-0.1, -0.05) is 19.3 Å². The first-order valence-corrected chi connectivity index (χ1v) is 12.3. The van der Waals surface area contributed by atoms with Gasteiger partial charge >= 0.3 is 7.87 Å². The lowest BCUT2D eigenvalue weighted by atomic mass is 10.2. The Bertz CT molecular complexity index is 311. The summed E-state index contributed by atoms with van der Waals surface area (Å²) in [6.45, 7) is 15.2. The zero-order valence-corrected chi connectivity index (χ0v) is 17.2. The lowest BCUT2D eigenvalue weighted by Gasteiger charge is -2.53. The molecule has 3 rings (SSSR count). The van der Waals surface area contributed by atoms with Crippen molar-refractivity contribution >= 4 is 7.87 Å². The maximum absolute atomic E-state index is 2.99. The number of hydrogen-bond donors (Lipinski definition) is 0. The average molecular weight is 356 g/mol. The summed E-state index contributed by atoms with van der Waals surface area (Å²) in [7, 11) is -1.50. The van der Waals surface area contributed by atoms with E-state index in [4.69, 9.17) is 0 Å². The molecular weight excluding hydrogens is 315 g/mol. The molecule has 0 spiro atoms. The van der Waals surface area contributed by atoms with Gasteiger partial charge in [0.05, 0.1) is 0 Å². The van der Waals surface area contributed by atoms with E-state index in [0.717, 1.165) is 0 Å². The third kappa shape index (κ3) is 3.69. The third-order valence-corrected chi connectivity index (χ3v) is 11.0. The van der Waals surface area contributed by atoms with Crippen molar-refractivity contribution in [3.05, 3.63) is 0 Å². The van der Waals surface area contributed by atoms with E-state index in [1.165, 1.54) is 110 Å². The van der Waals surface area contributed by atoms with E-state index in [2.05, 4.69) is 32.5 Å². The zero-order valence-electron chi connectivity index (χ0n) is 16.3. The molecule has 4 nitrogen and oxygen atoms in total. The molecule has 0 aliphatic carbocycles. The van der Waals surface area contributed by atoms with Crippen LogP contribution < -0.4 is 0 Å². The van der Waals surface area contributed by atoms with Crippen molar-refractivity contribution in [3.8, 4) is 0 Å². The van der Waals surface area contributed by atoms with Crippen LogP contribution in [0.5, 0.6) is 0 Å². The Kier molecular flexibility index (Phi) is 7.36. The van der Waals surface area contributed by atoms with Gasteiger partial charge < -0.3 is 0 Å². The molecule has 0 atom stereocenters. The molecule has 5 heteroatoms. The van der Waals surface area contributed by atoms with E-state index in [9.17, 15) is 0 Å². The molecule has 3 aliphatic heterocycles.